The highest BCUT2D eigenvalue weighted by atomic mass is 16.4. The predicted molar refractivity (Wildman–Crippen MR) is 85.3 cm³/mol. The van der Waals surface area contributed by atoms with E-state index in [0.29, 0.717) is 5.56 Å². The molecule has 5 heteroatoms. The van der Waals surface area contributed by atoms with Crippen molar-refractivity contribution in [3.63, 3.8) is 0 Å². The van der Waals surface area contributed by atoms with E-state index in [-0.39, 0.29) is 5.56 Å². The molecule has 1 aliphatic heterocycles. The van der Waals surface area contributed by atoms with E-state index < -0.39 is 12.1 Å². The minimum absolute atomic E-state index is 0.147. The largest absolute Gasteiger partial charge is 0.478 e. The molecule has 2 N–H and O–H groups in total. The van der Waals surface area contributed by atoms with Gasteiger partial charge in [-0.1, -0.05) is 38.0 Å². The number of hydrogen-bond donors (Lipinski definition) is 2. The van der Waals surface area contributed by atoms with Gasteiger partial charge in [-0.25, -0.2) is 4.79 Å². The molecule has 1 unspecified atom stereocenters. The summed E-state index contributed by atoms with van der Waals surface area (Å²) in [7, 11) is 1.91. The van der Waals surface area contributed by atoms with Crippen LogP contribution < -0.4 is 0 Å². The first-order chi connectivity index (χ1) is 10.5. The summed E-state index contributed by atoms with van der Waals surface area (Å²) in [5.41, 5.74) is 1.32. The SMILES string of the molecule is CCCCCN1C=C(C(O)c2ccccc2C(=O)O)N(C)C1. The summed E-state index contributed by atoms with van der Waals surface area (Å²) in [6.07, 6.45) is 4.51. The van der Waals surface area contributed by atoms with Crippen LogP contribution >= 0.6 is 0 Å². The molecule has 0 aliphatic carbocycles. The second-order valence-electron chi connectivity index (χ2n) is 5.71. The molecular formula is C17H24N2O3. The van der Waals surface area contributed by atoms with Crippen molar-refractivity contribution in [2.75, 3.05) is 20.3 Å². The fourth-order valence-electron chi connectivity index (χ4n) is 2.75. The van der Waals surface area contributed by atoms with Crippen molar-refractivity contribution in [1.29, 1.82) is 0 Å². The third-order valence-electron chi connectivity index (χ3n) is 3.96. The van der Waals surface area contributed by atoms with Crippen LogP contribution in [0.5, 0.6) is 0 Å². The van der Waals surface area contributed by atoms with Crippen LogP contribution in [-0.4, -0.2) is 46.2 Å². The van der Waals surface area contributed by atoms with Crippen LogP contribution in [0, 0.1) is 0 Å². The minimum atomic E-state index is -1.02. The molecule has 0 fully saturated rings. The van der Waals surface area contributed by atoms with E-state index in [1.54, 1.807) is 18.2 Å². The van der Waals surface area contributed by atoms with Gasteiger partial charge in [-0.3, -0.25) is 0 Å². The first kappa shape index (κ1) is 16.4. The maximum atomic E-state index is 11.3. The number of aliphatic hydroxyl groups is 1. The van der Waals surface area contributed by atoms with E-state index in [1.165, 1.54) is 18.9 Å². The van der Waals surface area contributed by atoms with Gasteiger partial charge in [0.1, 0.15) is 6.10 Å². The Morgan fingerprint density at radius 3 is 2.73 bits per heavy atom. The van der Waals surface area contributed by atoms with Crippen LogP contribution in [0.4, 0.5) is 0 Å². The molecule has 0 saturated carbocycles. The maximum absolute atomic E-state index is 11.3. The van der Waals surface area contributed by atoms with Crippen LogP contribution in [0.3, 0.4) is 0 Å². The van der Waals surface area contributed by atoms with Gasteiger partial charge < -0.3 is 20.0 Å². The summed E-state index contributed by atoms with van der Waals surface area (Å²) < 4.78 is 0. The van der Waals surface area contributed by atoms with Crippen LogP contribution in [-0.2, 0) is 0 Å². The number of unbranched alkanes of at least 4 members (excludes halogenated alkanes) is 2. The van der Waals surface area contributed by atoms with Crippen LogP contribution in [0.2, 0.25) is 0 Å². The van der Waals surface area contributed by atoms with Gasteiger partial charge in [0.05, 0.1) is 17.9 Å². The Hall–Kier alpha value is -2.01. The number of benzene rings is 1. The molecule has 0 saturated heterocycles. The molecule has 0 aromatic heterocycles. The van der Waals surface area contributed by atoms with Gasteiger partial charge in [0.15, 0.2) is 0 Å². The van der Waals surface area contributed by atoms with E-state index >= 15 is 0 Å². The van der Waals surface area contributed by atoms with Crippen LogP contribution in [0.25, 0.3) is 0 Å². The number of rotatable bonds is 7. The molecular weight excluding hydrogens is 280 g/mol. The van der Waals surface area contributed by atoms with Crippen molar-refractivity contribution in [1.82, 2.24) is 9.80 Å². The lowest BCUT2D eigenvalue weighted by Crippen LogP contribution is -2.26. The predicted octanol–water partition coefficient (Wildman–Crippen LogP) is 2.65. The Bertz CT molecular complexity index is 557. The van der Waals surface area contributed by atoms with Crippen molar-refractivity contribution in [3.8, 4) is 0 Å². The molecule has 2 rings (SSSR count). The molecule has 1 aromatic rings. The second kappa shape index (κ2) is 7.31. The molecule has 1 aliphatic rings. The van der Waals surface area contributed by atoms with Crippen molar-refractivity contribution in [2.24, 2.45) is 0 Å². The Kier molecular flexibility index (Phi) is 5.44. The highest BCUT2D eigenvalue weighted by Gasteiger charge is 2.27. The summed E-state index contributed by atoms with van der Waals surface area (Å²) in [5.74, 6) is -1.02. The highest BCUT2D eigenvalue weighted by Crippen LogP contribution is 2.30. The van der Waals surface area contributed by atoms with E-state index in [2.05, 4.69) is 11.8 Å². The molecule has 22 heavy (non-hydrogen) atoms. The zero-order valence-corrected chi connectivity index (χ0v) is 13.2. The van der Waals surface area contributed by atoms with Crippen LogP contribution in [0.15, 0.2) is 36.2 Å². The third kappa shape index (κ3) is 3.60. The Balaban J connectivity index is 2.16. The number of hydrogen-bond acceptors (Lipinski definition) is 4. The fourth-order valence-corrected chi connectivity index (χ4v) is 2.75. The molecule has 0 amide bonds. The number of aromatic carboxylic acids is 1. The van der Waals surface area contributed by atoms with E-state index in [0.717, 1.165) is 25.3 Å². The zero-order valence-electron chi connectivity index (χ0n) is 13.2. The van der Waals surface area contributed by atoms with Gasteiger partial charge in [0.2, 0.25) is 0 Å². The molecule has 120 valence electrons. The molecule has 0 radical (unpaired) electrons. The summed E-state index contributed by atoms with van der Waals surface area (Å²) in [4.78, 5) is 15.4. The van der Waals surface area contributed by atoms with Crippen molar-refractivity contribution >= 4 is 5.97 Å². The topological polar surface area (TPSA) is 64.0 Å². The van der Waals surface area contributed by atoms with Gasteiger partial charge in [-0.15, -0.1) is 0 Å². The lowest BCUT2D eigenvalue weighted by atomic mass is 10.0. The van der Waals surface area contributed by atoms with E-state index in [4.69, 9.17) is 0 Å². The Morgan fingerprint density at radius 2 is 2.05 bits per heavy atom. The average molecular weight is 304 g/mol. The van der Waals surface area contributed by atoms with Gasteiger partial charge in [0.25, 0.3) is 0 Å². The summed E-state index contributed by atoms with van der Waals surface area (Å²) >= 11 is 0. The minimum Gasteiger partial charge on any atom is -0.478 e. The van der Waals surface area contributed by atoms with Gasteiger partial charge in [-0.2, -0.15) is 0 Å². The second-order valence-corrected chi connectivity index (χ2v) is 5.71. The summed E-state index contributed by atoms with van der Waals surface area (Å²) in [6, 6.07) is 6.61. The van der Waals surface area contributed by atoms with Gasteiger partial charge >= 0.3 is 5.97 Å². The smallest absolute Gasteiger partial charge is 0.336 e. The summed E-state index contributed by atoms with van der Waals surface area (Å²) in [5, 5.41) is 19.9. The molecule has 1 atom stereocenters. The Morgan fingerprint density at radius 1 is 1.32 bits per heavy atom. The number of likely N-dealkylation sites (N-methyl/N-ethyl adjacent to an activating group) is 1. The molecule has 5 nitrogen and oxygen atoms in total. The molecule has 0 spiro atoms. The Labute approximate surface area is 131 Å². The average Bonchev–Trinajstić information content (AvgIpc) is 2.87. The molecule has 1 heterocycles. The standard InChI is InChI=1S/C17H24N2O3/c1-3-4-7-10-19-11-15(18(2)12-19)16(20)13-8-5-6-9-14(13)17(21)22/h5-6,8-9,11,16,20H,3-4,7,10,12H2,1-2H3,(H,21,22). The number of carboxylic acid groups (broad SMARTS) is 1. The van der Waals surface area contributed by atoms with Crippen molar-refractivity contribution in [2.45, 2.75) is 32.3 Å². The first-order valence-electron chi connectivity index (χ1n) is 7.71. The highest BCUT2D eigenvalue weighted by molar-refractivity contribution is 5.89. The lowest BCUT2D eigenvalue weighted by molar-refractivity contribution is 0.0690. The normalized spacial score (nSPS) is 15.9. The third-order valence-corrected chi connectivity index (χ3v) is 3.96. The number of carbonyl (C=O) groups is 1. The number of nitrogens with zero attached hydrogens (tertiary/aromatic N) is 2. The monoisotopic (exact) mass is 304 g/mol. The molecule has 1 aromatic carbocycles. The zero-order chi connectivity index (χ0) is 16.1. The van der Waals surface area contributed by atoms with Crippen LogP contribution in [0.1, 0.15) is 48.2 Å². The lowest BCUT2D eigenvalue weighted by Gasteiger charge is -2.22. The maximum Gasteiger partial charge on any atom is 0.336 e. The number of aliphatic hydroxyl groups excluding tert-OH is 1. The fraction of sp³-hybridized carbons (Fsp3) is 0.471. The summed E-state index contributed by atoms with van der Waals surface area (Å²) in [6.45, 7) is 3.85. The quantitative estimate of drug-likeness (QED) is 0.758. The number of carboxylic acids is 1. The van der Waals surface area contributed by atoms with Crippen molar-refractivity contribution in [3.05, 3.63) is 47.3 Å². The first-order valence-corrected chi connectivity index (χ1v) is 7.71. The molecule has 0 bridgehead atoms. The van der Waals surface area contributed by atoms with Crippen molar-refractivity contribution < 1.29 is 15.0 Å². The van der Waals surface area contributed by atoms with Gasteiger partial charge in [-0.05, 0) is 12.5 Å². The van der Waals surface area contributed by atoms with Gasteiger partial charge in [0, 0.05) is 25.4 Å². The van der Waals surface area contributed by atoms with E-state index in [1.807, 2.05) is 18.1 Å². The van der Waals surface area contributed by atoms with E-state index in [9.17, 15) is 15.0 Å².